The third-order valence-electron chi connectivity index (χ3n) is 2.66. The average molecular weight is 262 g/mol. The van der Waals surface area contributed by atoms with E-state index in [-0.39, 0.29) is 0 Å². The minimum absolute atomic E-state index is 0.686. The third-order valence-corrected chi connectivity index (χ3v) is 3.43. The summed E-state index contributed by atoms with van der Waals surface area (Å²) in [7, 11) is 0. The topological polar surface area (TPSA) is 34.1 Å². The first-order valence-corrected chi connectivity index (χ1v) is 7.01. The molecule has 2 aromatic rings. The van der Waals surface area contributed by atoms with Gasteiger partial charge in [-0.15, -0.1) is 11.3 Å². The van der Waals surface area contributed by atoms with E-state index in [2.05, 4.69) is 34.6 Å². The fourth-order valence-electron chi connectivity index (χ4n) is 1.73. The molecule has 0 unspecified atom stereocenters. The van der Waals surface area contributed by atoms with Gasteiger partial charge >= 0.3 is 0 Å². The first-order chi connectivity index (χ1) is 8.90. The molecule has 0 bridgehead atoms. The molecule has 0 amide bonds. The minimum atomic E-state index is 0.686. The average Bonchev–Trinajstić information content (AvgIpc) is 2.91. The number of hydrogen-bond donors (Lipinski definition) is 1. The minimum Gasteiger partial charge on any atom is -0.377 e. The van der Waals surface area contributed by atoms with Crippen LogP contribution in [0.15, 0.2) is 35.8 Å². The van der Waals surface area contributed by atoms with E-state index in [1.54, 1.807) is 11.3 Å². The Morgan fingerprint density at radius 2 is 2.06 bits per heavy atom. The second-order valence-corrected chi connectivity index (χ2v) is 4.91. The van der Waals surface area contributed by atoms with Gasteiger partial charge in [-0.2, -0.15) is 0 Å². The van der Waals surface area contributed by atoms with E-state index < -0.39 is 0 Å². The Hall–Kier alpha value is -1.23. The number of ether oxygens (including phenoxy) is 1. The van der Waals surface area contributed by atoms with E-state index >= 15 is 0 Å². The maximum atomic E-state index is 5.47. The summed E-state index contributed by atoms with van der Waals surface area (Å²) in [6.07, 6.45) is 1.84. The maximum absolute atomic E-state index is 5.47. The van der Waals surface area contributed by atoms with Gasteiger partial charge in [0.25, 0.3) is 0 Å². The number of hydrogen-bond acceptors (Lipinski definition) is 4. The Bertz CT molecular complexity index is 457. The number of nitrogens with zero attached hydrogens (tertiary/aromatic N) is 1. The van der Waals surface area contributed by atoms with Crippen molar-refractivity contribution in [2.75, 3.05) is 6.61 Å². The fourth-order valence-corrected chi connectivity index (χ4v) is 2.31. The molecule has 0 radical (unpaired) electrons. The standard InChI is InChI=1S/C14H18N2OS/c1-2-17-11-13-6-4-3-5-12(13)9-15-10-14-16-7-8-18-14/h3-8,15H,2,9-11H2,1H3. The molecular weight excluding hydrogens is 244 g/mol. The summed E-state index contributed by atoms with van der Waals surface area (Å²) >= 11 is 1.68. The van der Waals surface area contributed by atoms with Gasteiger partial charge < -0.3 is 10.1 Å². The molecule has 18 heavy (non-hydrogen) atoms. The van der Waals surface area contributed by atoms with E-state index in [0.29, 0.717) is 6.61 Å². The van der Waals surface area contributed by atoms with Crippen LogP contribution in [0.3, 0.4) is 0 Å². The van der Waals surface area contributed by atoms with E-state index in [1.165, 1.54) is 11.1 Å². The molecule has 0 spiro atoms. The number of thiazole rings is 1. The molecule has 1 N–H and O–H groups in total. The molecule has 0 fully saturated rings. The van der Waals surface area contributed by atoms with Gasteiger partial charge in [0, 0.05) is 31.3 Å². The maximum Gasteiger partial charge on any atom is 0.106 e. The highest BCUT2D eigenvalue weighted by Crippen LogP contribution is 2.10. The zero-order valence-electron chi connectivity index (χ0n) is 10.6. The molecule has 0 saturated heterocycles. The zero-order chi connectivity index (χ0) is 12.6. The molecular formula is C14H18N2OS. The Morgan fingerprint density at radius 1 is 1.22 bits per heavy atom. The predicted octanol–water partition coefficient (Wildman–Crippen LogP) is 2.97. The summed E-state index contributed by atoms with van der Waals surface area (Å²) in [5, 5.41) is 6.54. The van der Waals surface area contributed by atoms with E-state index in [9.17, 15) is 0 Å². The second-order valence-electron chi connectivity index (χ2n) is 3.94. The summed E-state index contributed by atoms with van der Waals surface area (Å²) in [5.41, 5.74) is 2.55. The molecule has 1 aromatic carbocycles. The summed E-state index contributed by atoms with van der Waals surface area (Å²) in [6, 6.07) is 8.38. The predicted molar refractivity (Wildman–Crippen MR) is 74.4 cm³/mol. The van der Waals surface area contributed by atoms with Crippen LogP contribution >= 0.6 is 11.3 Å². The lowest BCUT2D eigenvalue weighted by Gasteiger charge is -2.10. The molecule has 0 aliphatic heterocycles. The Morgan fingerprint density at radius 3 is 2.78 bits per heavy atom. The van der Waals surface area contributed by atoms with Gasteiger partial charge in [0.05, 0.1) is 6.61 Å². The van der Waals surface area contributed by atoms with Gasteiger partial charge in [-0.1, -0.05) is 24.3 Å². The lowest BCUT2D eigenvalue weighted by Crippen LogP contribution is -2.14. The van der Waals surface area contributed by atoms with E-state index in [4.69, 9.17) is 4.74 Å². The van der Waals surface area contributed by atoms with Crippen LogP contribution < -0.4 is 5.32 Å². The van der Waals surface area contributed by atoms with Crippen molar-refractivity contribution in [1.82, 2.24) is 10.3 Å². The van der Waals surface area contributed by atoms with Gasteiger partial charge in [-0.05, 0) is 18.1 Å². The lowest BCUT2D eigenvalue weighted by molar-refractivity contribution is 0.133. The van der Waals surface area contributed by atoms with Crippen LogP contribution in [0.4, 0.5) is 0 Å². The summed E-state index contributed by atoms with van der Waals surface area (Å²) in [6.45, 7) is 5.12. The van der Waals surface area contributed by atoms with Crippen LogP contribution in [-0.4, -0.2) is 11.6 Å². The Balaban J connectivity index is 1.87. The third kappa shape index (κ3) is 3.91. The Labute approximate surface area is 112 Å². The van der Waals surface area contributed by atoms with Crippen LogP contribution in [0.2, 0.25) is 0 Å². The molecule has 96 valence electrons. The molecule has 0 aliphatic carbocycles. The molecule has 1 aromatic heterocycles. The van der Waals surface area contributed by atoms with Gasteiger partial charge in [0.15, 0.2) is 0 Å². The number of aromatic nitrogens is 1. The molecule has 2 rings (SSSR count). The summed E-state index contributed by atoms with van der Waals surface area (Å²) in [5.74, 6) is 0. The fraction of sp³-hybridized carbons (Fsp3) is 0.357. The number of rotatable bonds is 7. The van der Waals surface area contributed by atoms with Crippen LogP contribution in [0, 0.1) is 0 Å². The van der Waals surface area contributed by atoms with Crippen LogP contribution in [0.1, 0.15) is 23.1 Å². The first kappa shape index (κ1) is 13.2. The molecule has 0 aliphatic rings. The zero-order valence-corrected chi connectivity index (χ0v) is 11.4. The molecule has 0 saturated carbocycles. The van der Waals surface area contributed by atoms with Gasteiger partial charge in [0.1, 0.15) is 5.01 Å². The smallest absolute Gasteiger partial charge is 0.106 e. The second kappa shape index (κ2) is 7.26. The molecule has 0 atom stereocenters. The van der Waals surface area contributed by atoms with Crippen molar-refractivity contribution in [2.45, 2.75) is 26.6 Å². The van der Waals surface area contributed by atoms with Crippen LogP contribution in [0.25, 0.3) is 0 Å². The van der Waals surface area contributed by atoms with Crippen molar-refractivity contribution < 1.29 is 4.74 Å². The summed E-state index contributed by atoms with van der Waals surface area (Å²) in [4.78, 5) is 4.25. The highest BCUT2D eigenvalue weighted by molar-refractivity contribution is 7.09. The van der Waals surface area contributed by atoms with Crippen LogP contribution in [0.5, 0.6) is 0 Å². The van der Waals surface area contributed by atoms with Crippen molar-refractivity contribution in [3.63, 3.8) is 0 Å². The number of nitrogens with one attached hydrogen (secondary N) is 1. The quantitative estimate of drug-likeness (QED) is 0.833. The van der Waals surface area contributed by atoms with E-state index in [0.717, 1.165) is 24.7 Å². The van der Waals surface area contributed by atoms with Gasteiger partial charge in [-0.25, -0.2) is 4.98 Å². The van der Waals surface area contributed by atoms with Crippen molar-refractivity contribution >= 4 is 11.3 Å². The SMILES string of the molecule is CCOCc1ccccc1CNCc1nccs1. The number of benzene rings is 1. The molecule has 4 heteroatoms. The highest BCUT2D eigenvalue weighted by Gasteiger charge is 2.02. The lowest BCUT2D eigenvalue weighted by atomic mass is 10.1. The van der Waals surface area contributed by atoms with Gasteiger partial charge in [-0.3, -0.25) is 0 Å². The van der Waals surface area contributed by atoms with Crippen molar-refractivity contribution in [3.05, 3.63) is 52.0 Å². The largest absolute Gasteiger partial charge is 0.377 e. The Kier molecular flexibility index (Phi) is 5.33. The van der Waals surface area contributed by atoms with Crippen molar-refractivity contribution in [3.8, 4) is 0 Å². The monoisotopic (exact) mass is 262 g/mol. The molecule has 3 nitrogen and oxygen atoms in total. The normalized spacial score (nSPS) is 10.7. The van der Waals surface area contributed by atoms with E-state index in [1.807, 2.05) is 18.5 Å². The van der Waals surface area contributed by atoms with Crippen LogP contribution in [-0.2, 0) is 24.4 Å². The highest BCUT2D eigenvalue weighted by atomic mass is 32.1. The van der Waals surface area contributed by atoms with Crippen molar-refractivity contribution in [1.29, 1.82) is 0 Å². The van der Waals surface area contributed by atoms with Gasteiger partial charge in [0.2, 0.25) is 0 Å². The molecule has 1 heterocycles. The van der Waals surface area contributed by atoms with Crippen molar-refractivity contribution in [2.24, 2.45) is 0 Å². The summed E-state index contributed by atoms with van der Waals surface area (Å²) < 4.78 is 5.47. The first-order valence-electron chi connectivity index (χ1n) is 6.13.